The highest BCUT2D eigenvalue weighted by Gasteiger charge is 2.15. The Morgan fingerprint density at radius 3 is 2.43 bits per heavy atom. The molecular weight excluding hydrogens is 281 g/mol. The number of nitrogens with zero attached hydrogens (tertiary/aromatic N) is 3. The van der Waals surface area contributed by atoms with Gasteiger partial charge >= 0.3 is 0 Å². The van der Waals surface area contributed by atoms with Gasteiger partial charge in [-0.15, -0.1) is 0 Å². The van der Waals surface area contributed by atoms with E-state index < -0.39 is 8.80 Å². The fourth-order valence-corrected chi connectivity index (χ4v) is 5.29. The van der Waals surface area contributed by atoms with E-state index in [1.807, 2.05) is 22.9 Å². The van der Waals surface area contributed by atoms with Crippen LogP contribution in [0.1, 0.15) is 5.56 Å². The van der Waals surface area contributed by atoms with Crippen LogP contribution >= 0.6 is 0 Å². The van der Waals surface area contributed by atoms with Crippen molar-refractivity contribution in [3.05, 3.63) is 78.6 Å². The molecule has 0 N–H and O–H groups in total. The van der Waals surface area contributed by atoms with Gasteiger partial charge in [0.15, 0.2) is 0 Å². The van der Waals surface area contributed by atoms with Crippen LogP contribution in [0.15, 0.2) is 67.3 Å². The van der Waals surface area contributed by atoms with Gasteiger partial charge in [0.2, 0.25) is 0 Å². The summed E-state index contributed by atoms with van der Waals surface area (Å²) in [6.07, 6.45) is 4.21. The third-order valence-corrected chi connectivity index (χ3v) is 6.65. The largest absolute Gasteiger partial charge is 0.256 e. The molecule has 0 saturated carbocycles. The van der Waals surface area contributed by atoms with E-state index in [1.165, 1.54) is 22.9 Å². The Bertz CT molecular complexity index is 669. The lowest BCUT2D eigenvalue weighted by Gasteiger charge is -2.16. The fourth-order valence-electron chi connectivity index (χ4n) is 2.47. The van der Waals surface area contributed by atoms with Gasteiger partial charge in [0.1, 0.15) is 18.5 Å². The molecule has 0 aliphatic carbocycles. The summed E-state index contributed by atoms with van der Waals surface area (Å²) in [5.74, 6) is -0.187. The zero-order chi connectivity index (χ0) is 14.5. The highest BCUT2D eigenvalue weighted by molar-refractivity contribution is 6.71. The molecule has 2 aromatic carbocycles. The third kappa shape index (κ3) is 3.64. The number of benzene rings is 2. The maximum absolute atomic E-state index is 13.0. The third-order valence-electron chi connectivity index (χ3n) is 3.54. The summed E-state index contributed by atoms with van der Waals surface area (Å²) < 4.78 is 14.9. The summed E-state index contributed by atoms with van der Waals surface area (Å²) in [4.78, 5) is 4.01. The molecular formula is C16H16FN3Si. The van der Waals surface area contributed by atoms with Gasteiger partial charge in [0.05, 0.1) is 8.80 Å². The standard InChI is InChI=1S/C16H16FN3Si/c17-15-8-6-14(7-9-15)10-21(13-20-12-18-11-19-20)16-4-2-1-3-5-16/h1-9,11-12,21H,10,13H2. The predicted octanol–water partition coefficient (Wildman–Crippen LogP) is 1.87. The summed E-state index contributed by atoms with van der Waals surface area (Å²) in [5, 5.41) is 5.60. The Kier molecular flexibility index (Phi) is 4.21. The second-order valence-corrected chi connectivity index (χ2v) is 7.89. The van der Waals surface area contributed by atoms with Crippen molar-refractivity contribution in [3.8, 4) is 0 Å². The molecule has 1 unspecified atom stereocenters. The van der Waals surface area contributed by atoms with E-state index in [4.69, 9.17) is 0 Å². The van der Waals surface area contributed by atoms with Crippen LogP contribution < -0.4 is 5.19 Å². The van der Waals surface area contributed by atoms with Gasteiger partial charge in [0, 0.05) is 6.17 Å². The van der Waals surface area contributed by atoms with Crippen molar-refractivity contribution in [3.63, 3.8) is 0 Å². The van der Waals surface area contributed by atoms with Gasteiger partial charge in [-0.1, -0.05) is 53.2 Å². The Morgan fingerprint density at radius 2 is 1.76 bits per heavy atom. The van der Waals surface area contributed by atoms with E-state index >= 15 is 0 Å². The topological polar surface area (TPSA) is 30.7 Å². The molecule has 0 aliphatic rings. The summed E-state index contributed by atoms with van der Waals surface area (Å²) in [6.45, 7) is 0. The molecule has 0 bridgehead atoms. The van der Waals surface area contributed by atoms with Crippen molar-refractivity contribution < 1.29 is 4.39 Å². The van der Waals surface area contributed by atoms with Crippen molar-refractivity contribution in [2.75, 3.05) is 0 Å². The fraction of sp³-hybridized carbons (Fsp3) is 0.125. The molecule has 106 valence electrons. The second kappa shape index (κ2) is 6.45. The van der Waals surface area contributed by atoms with Gasteiger partial charge in [-0.25, -0.2) is 9.37 Å². The van der Waals surface area contributed by atoms with Crippen LogP contribution in [0.5, 0.6) is 0 Å². The van der Waals surface area contributed by atoms with Gasteiger partial charge < -0.3 is 0 Å². The molecule has 3 aromatic rings. The molecule has 3 rings (SSSR count). The van der Waals surface area contributed by atoms with Crippen LogP contribution in [0.3, 0.4) is 0 Å². The quantitative estimate of drug-likeness (QED) is 0.673. The predicted molar refractivity (Wildman–Crippen MR) is 83.4 cm³/mol. The minimum atomic E-state index is -1.29. The first kappa shape index (κ1) is 13.7. The molecule has 3 nitrogen and oxygen atoms in total. The van der Waals surface area contributed by atoms with Crippen LogP contribution in [0.2, 0.25) is 0 Å². The number of hydrogen-bond acceptors (Lipinski definition) is 2. The van der Waals surface area contributed by atoms with Gasteiger partial charge in [-0.05, 0) is 18.2 Å². The van der Waals surface area contributed by atoms with E-state index in [2.05, 4.69) is 34.3 Å². The zero-order valence-corrected chi connectivity index (χ0v) is 12.7. The van der Waals surface area contributed by atoms with Gasteiger partial charge in [-0.2, -0.15) is 5.10 Å². The second-order valence-electron chi connectivity index (χ2n) is 5.06. The number of hydrogen-bond donors (Lipinski definition) is 0. The molecule has 21 heavy (non-hydrogen) atoms. The van der Waals surface area contributed by atoms with E-state index in [0.717, 1.165) is 12.2 Å². The number of halogens is 1. The molecule has 1 atom stereocenters. The first-order valence-corrected chi connectivity index (χ1v) is 9.14. The summed E-state index contributed by atoms with van der Waals surface area (Å²) in [7, 11) is -1.29. The molecule has 0 aliphatic heterocycles. The van der Waals surface area contributed by atoms with E-state index in [-0.39, 0.29) is 5.82 Å². The lowest BCUT2D eigenvalue weighted by molar-refractivity contribution is 0.627. The molecule has 0 saturated heterocycles. The molecule has 0 radical (unpaired) electrons. The highest BCUT2D eigenvalue weighted by atomic mass is 28.3. The Morgan fingerprint density at radius 1 is 1.00 bits per heavy atom. The van der Waals surface area contributed by atoms with Crippen LogP contribution in [-0.2, 0) is 12.2 Å². The van der Waals surface area contributed by atoms with Crippen molar-refractivity contribution in [1.82, 2.24) is 14.8 Å². The van der Waals surface area contributed by atoms with Crippen molar-refractivity contribution in [2.45, 2.75) is 12.2 Å². The first-order chi connectivity index (χ1) is 10.3. The van der Waals surface area contributed by atoms with Crippen LogP contribution in [-0.4, -0.2) is 23.6 Å². The smallest absolute Gasteiger partial charge is 0.137 e. The van der Waals surface area contributed by atoms with Gasteiger partial charge in [0.25, 0.3) is 0 Å². The van der Waals surface area contributed by atoms with Crippen molar-refractivity contribution in [2.24, 2.45) is 0 Å². The van der Waals surface area contributed by atoms with Crippen molar-refractivity contribution >= 4 is 14.0 Å². The SMILES string of the molecule is Fc1ccc(C[SiH](Cn2cncn2)c2ccccc2)cc1. The summed E-state index contributed by atoms with van der Waals surface area (Å²) in [6, 6.07) is 18.3. The Hall–Kier alpha value is -2.27. The van der Waals surface area contributed by atoms with Crippen LogP contribution in [0, 0.1) is 5.82 Å². The normalized spacial score (nSPS) is 12.2. The molecule has 1 aromatic heterocycles. The van der Waals surface area contributed by atoms with E-state index in [1.54, 1.807) is 12.7 Å². The molecule has 0 fully saturated rings. The Balaban J connectivity index is 1.83. The number of rotatable bonds is 5. The van der Waals surface area contributed by atoms with Gasteiger partial charge in [-0.3, -0.25) is 4.68 Å². The van der Waals surface area contributed by atoms with Crippen LogP contribution in [0.25, 0.3) is 0 Å². The van der Waals surface area contributed by atoms with E-state index in [0.29, 0.717) is 0 Å². The lowest BCUT2D eigenvalue weighted by atomic mass is 10.2. The molecule has 5 heteroatoms. The lowest BCUT2D eigenvalue weighted by Crippen LogP contribution is -2.37. The molecule has 0 spiro atoms. The minimum Gasteiger partial charge on any atom is -0.256 e. The Labute approximate surface area is 124 Å². The number of aromatic nitrogens is 3. The maximum Gasteiger partial charge on any atom is 0.137 e. The molecule has 0 amide bonds. The highest BCUT2D eigenvalue weighted by Crippen LogP contribution is 2.07. The first-order valence-electron chi connectivity index (χ1n) is 6.93. The monoisotopic (exact) mass is 297 g/mol. The molecule has 1 heterocycles. The minimum absolute atomic E-state index is 0.187. The van der Waals surface area contributed by atoms with E-state index in [9.17, 15) is 4.39 Å². The summed E-state index contributed by atoms with van der Waals surface area (Å²) in [5.41, 5.74) is 1.18. The maximum atomic E-state index is 13.0. The zero-order valence-electron chi connectivity index (χ0n) is 11.6. The van der Waals surface area contributed by atoms with Crippen LogP contribution in [0.4, 0.5) is 4.39 Å². The average molecular weight is 297 g/mol. The summed E-state index contributed by atoms with van der Waals surface area (Å²) >= 11 is 0. The average Bonchev–Trinajstić information content (AvgIpc) is 3.03. The van der Waals surface area contributed by atoms with Crippen molar-refractivity contribution in [1.29, 1.82) is 0 Å².